The van der Waals surface area contributed by atoms with Gasteiger partial charge < -0.3 is 0 Å². The third-order valence-corrected chi connectivity index (χ3v) is 3.91. The van der Waals surface area contributed by atoms with Crippen molar-refractivity contribution in [2.45, 2.75) is 11.3 Å². The molecule has 0 aliphatic rings. The van der Waals surface area contributed by atoms with Gasteiger partial charge in [-0.25, -0.2) is 0 Å². The summed E-state index contributed by atoms with van der Waals surface area (Å²) in [6.45, 7) is 0. The van der Waals surface area contributed by atoms with Crippen molar-refractivity contribution in [3.63, 3.8) is 0 Å². The van der Waals surface area contributed by atoms with Crippen LogP contribution in [0.5, 0.6) is 0 Å². The lowest BCUT2D eigenvalue weighted by Gasteiger charge is -2.05. The number of hydrogen-bond donors (Lipinski definition) is 0. The van der Waals surface area contributed by atoms with Crippen LogP contribution >= 0.6 is 23.4 Å². The number of pyridine rings is 1. The molecule has 1 aromatic carbocycles. The predicted octanol–water partition coefficient (Wildman–Crippen LogP) is 3.86. The lowest BCUT2D eigenvalue weighted by atomic mass is 10.1. The van der Waals surface area contributed by atoms with Gasteiger partial charge in [-0.3, -0.25) is 15.1 Å². The van der Waals surface area contributed by atoms with E-state index in [4.69, 9.17) is 11.6 Å². The largest absolute Gasteiger partial charge is 0.277 e. The fourth-order valence-corrected chi connectivity index (χ4v) is 2.95. The monoisotopic (exact) mass is 282 g/mol. The molecule has 4 nitrogen and oxygen atoms in total. The molecule has 0 unspecified atom stereocenters. The zero-order valence-corrected chi connectivity index (χ0v) is 11.1. The Hall–Kier alpha value is -1.33. The number of benzene rings is 1. The Morgan fingerprint density at radius 2 is 2.17 bits per heavy atom. The second-order valence-electron chi connectivity index (χ2n) is 3.65. The van der Waals surface area contributed by atoms with Gasteiger partial charge >= 0.3 is 0 Å². The van der Waals surface area contributed by atoms with Gasteiger partial charge in [0, 0.05) is 34.6 Å². The molecular weight excluding hydrogens is 272 g/mol. The van der Waals surface area contributed by atoms with Crippen molar-refractivity contribution in [2.75, 3.05) is 11.6 Å². The van der Waals surface area contributed by atoms with E-state index in [2.05, 4.69) is 4.98 Å². The molecule has 94 valence electrons. The van der Waals surface area contributed by atoms with Crippen LogP contribution in [0.15, 0.2) is 35.5 Å². The number of hydrogen-bond acceptors (Lipinski definition) is 4. The molecule has 0 fully saturated rings. The molecular formula is C12H11ClN2O2S. The number of alkyl halides is 1. The van der Waals surface area contributed by atoms with Crippen molar-refractivity contribution in [2.24, 2.45) is 0 Å². The fraction of sp³-hybridized carbons (Fsp3) is 0.250. The number of non-ortho nitro benzene ring substituents is 1. The summed E-state index contributed by atoms with van der Waals surface area (Å²) in [4.78, 5) is 15.6. The van der Waals surface area contributed by atoms with Crippen molar-refractivity contribution in [1.82, 2.24) is 4.98 Å². The van der Waals surface area contributed by atoms with Crippen molar-refractivity contribution in [3.8, 4) is 0 Å². The van der Waals surface area contributed by atoms with Gasteiger partial charge in [-0.15, -0.1) is 23.4 Å². The van der Waals surface area contributed by atoms with E-state index in [1.165, 1.54) is 0 Å². The number of nitro groups is 1. The highest BCUT2D eigenvalue weighted by molar-refractivity contribution is 7.99. The molecule has 0 aliphatic heterocycles. The number of nitro benzene ring substituents is 1. The van der Waals surface area contributed by atoms with Crippen LogP contribution < -0.4 is 0 Å². The third-order valence-electron chi connectivity index (χ3n) is 2.49. The van der Waals surface area contributed by atoms with E-state index in [1.807, 2.05) is 0 Å². The Bertz CT molecular complexity index is 577. The Kier molecular flexibility index (Phi) is 4.38. The number of thioether (sulfide) groups is 1. The van der Waals surface area contributed by atoms with Crippen LogP contribution in [-0.4, -0.2) is 21.5 Å². The summed E-state index contributed by atoms with van der Waals surface area (Å²) in [5, 5.41) is 12.4. The minimum absolute atomic E-state index is 0.120. The van der Waals surface area contributed by atoms with E-state index in [9.17, 15) is 10.1 Å². The van der Waals surface area contributed by atoms with E-state index < -0.39 is 0 Å². The molecule has 0 aliphatic carbocycles. The second-order valence-corrected chi connectivity index (χ2v) is 5.17. The lowest BCUT2D eigenvalue weighted by Crippen LogP contribution is -1.91. The van der Waals surface area contributed by atoms with Gasteiger partial charge in [0.05, 0.1) is 10.3 Å². The topological polar surface area (TPSA) is 56.0 Å². The van der Waals surface area contributed by atoms with Crippen LogP contribution in [0, 0.1) is 10.1 Å². The first-order valence-corrected chi connectivity index (χ1v) is 6.96. The molecule has 6 heteroatoms. The van der Waals surface area contributed by atoms with Gasteiger partial charge in [-0.05, 0) is 24.3 Å². The Labute approximate surface area is 114 Å². The van der Waals surface area contributed by atoms with Gasteiger partial charge in [0.2, 0.25) is 0 Å². The van der Waals surface area contributed by atoms with E-state index in [1.54, 1.807) is 42.4 Å². The number of aromatic nitrogens is 1. The maximum atomic E-state index is 10.9. The minimum atomic E-state index is -0.366. The second kappa shape index (κ2) is 6.02. The number of halogens is 1. The highest BCUT2D eigenvalue weighted by atomic mass is 35.5. The first-order valence-electron chi connectivity index (χ1n) is 5.44. The predicted molar refractivity (Wildman–Crippen MR) is 74.5 cm³/mol. The maximum absolute atomic E-state index is 10.9. The molecule has 0 bridgehead atoms. The van der Waals surface area contributed by atoms with Crippen molar-refractivity contribution < 1.29 is 4.92 Å². The van der Waals surface area contributed by atoms with Crippen LogP contribution in [0.3, 0.4) is 0 Å². The molecule has 2 aromatic rings. The Morgan fingerprint density at radius 1 is 1.33 bits per heavy atom. The van der Waals surface area contributed by atoms with E-state index in [-0.39, 0.29) is 10.6 Å². The Morgan fingerprint density at radius 3 is 2.89 bits per heavy atom. The first-order chi connectivity index (χ1) is 8.74. The minimum Gasteiger partial charge on any atom is -0.264 e. The molecule has 0 saturated carbocycles. The standard InChI is InChI=1S/C12H11ClN2O2S/c13-5-1-7-18-12-3-2-11(15(16)17)9-4-6-14-8-10(9)12/h2-4,6,8H,1,5,7H2. The first kappa shape index (κ1) is 13.1. The highest BCUT2D eigenvalue weighted by Gasteiger charge is 2.14. The summed E-state index contributed by atoms with van der Waals surface area (Å²) in [5.41, 5.74) is 0.120. The smallest absolute Gasteiger partial charge is 0.264 e. The summed E-state index contributed by atoms with van der Waals surface area (Å²) >= 11 is 7.29. The SMILES string of the molecule is O=[N+]([O-])c1ccc(SCCCCl)c2cnccc12. The molecule has 1 aromatic heterocycles. The van der Waals surface area contributed by atoms with Crippen LogP contribution in [0.2, 0.25) is 0 Å². The Balaban J connectivity index is 2.44. The molecule has 18 heavy (non-hydrogen) atoms. The summed E-state index contributed by atoms with van der Waals surface area (Å²) < 4.78 is 0. The number of rotatable bonds is 5. The molecule has 0 spiro atoms. The van der Waals surface area contributed by atoms with Gasteiger partial charge in [0.25, 0.3) is 5.69 Å². The molecule has 0 N–H and O–H groups in total. The highest BCUT2D eigenvalue weighted by Crippen LogP contribution is 2.33. The molecule has 0 atom stereocenters. The number of nitrogens with zero attached hydrogens (tertiary/aromatic N) is 2. The van der Waals surface area contributed by atoms with Crippen LogP contribution in [0.4, 0.5) is 5.69 Å². The third kappa shape index (κ3) is 2.73. The maximum Gasteiger partial charge on any atom is 0.277 e. The van der Waals surface area contributed by atoms with Crippen LogP contribution in [0.1, 0.15) is 6.42 Å². The molecule has 0 radical (unpaired) electrons. The van der Waals surface area contributed by atoms with Gasteiger partial charge in [-0.1, -0.05) is 0 Å². The van der Waals surface area contributed by atoms with Crippen molar-refractivity contribution in [3.05, 3.63) is 40.7 Å². The van der Waals surface area contributed by atoms with Crippen molar-refractivity contribution in [1.29, 1.82) is 0 Å². The van der Waals surface area contributed by atoms with Gasteiger partial charge in [0.15, 0.2) is 0 Å². The fourth-order valence-electron chi connectivity index (χ4n) is 1.67. The summed E-state index contributed by atoms with van der Waals surface area (Å²) in [7, 11) is 0. The summed E-state index contributed by atoms with van der Waals surface area (Å²) in [5.74, 6) is 1.52. The summed E-state index contributed by atoms with van der Waals surface area (Å²) in [6, 6.07) is 5.01. The average molecular weight is 283 g/mol. The van der Waals surface area contributed by atoms with Crippen molar-refractivity contribution >= 4 is 39.8 Å². The van der Waals surface area contributed by atoms with Gasteiger partial charge in [-0.2, -0.15) is 0 Å². The molecule has 0 saturated heterocycles. The average Bonchev–Trinajstić information content (AvgIpc) is 2.38. The van der Waals surface area contributed by atoms with Crippen LogP contribution in [-0.2, 0) is 0 Å². The summed E-state index contributed by atoms with van der Waals surface area (Å²) in [6.07, 6.45) is 4.15. The van der Waals surface area contributed by atoms with Gasteiger partial charge in [0.1, 0.15) is 0 Å². The zero-order valence-electron chi connectivity index (χ0n) is 9.51. The van der Waals surface area contributed by atoms with E-state index in [0.717, 1.165) is 22.5 Å². The van der Waals surface area contributed by atoms with Crippen LogP contribution in [0.25, 0.3) is 10.8 Å². The zero-order chi connectivity index (χ0) is 13.0. The molecule has 2 rings (SSSR count). The molecule has 1 heterocycles. The number of fused-ring (bicyclic) bond motifs is 1. The lowest BCUT2D eigenvalue weighted by molar-refractivity contribution is -0.383. The molecule has 0 amide bonds. The van der Waals surface area contributed by atoms with E-state index >= 15 is 0 Å². The quantitative estimate of drug-likeness (QED) is 0.275. The normalized spacial score (nSPS) is 10.7. The van der Waals surface area contributed by atoms with E-state index in [0.29, 0.717) is 11.3 Å².